The van der Waals surface area contributed by atoms with Crippen LogP contribution in [0.25, 0.3) is 10.9 Å². The summed E-state index contributed by atoms with van der Waals surface area (Å²) in [6.45, 7) is 1.90. The summed E-state index contributed by atoms with van der Waals surface area (Å²) >= 11 is 0. The minimum absolute atomic E-state index is 0.00833. The van der Waals surface area contributed by atoms with E-state index in [1.165, 1.54) is 0 Å². The third kappa shape index (κ3) is 3.31. The minimum atomic E-state index is -0.0322. The standard InChI is InChI=1S/C20H19N3O2/c1-13-5-2-9-18(22-13)23-20(24)15-11-16(12-15)25-17-8-3-6-14-7-4-10-21-19(14)17/h2-10,15-16H,11-12H2,1H3,(H,22,23,24)/t15-,16-. The van der Waals surface area contributed by atoms with E-state index in [2.05, 4.69) is 15.3 Å². The number of carbonyl (C=O) groups is 1. The van der Waals surface area contributed by atoms with Crippen LogP contribution in [0.1, 0.15) is 18.5 Å². The van der Waals surface area contributed by atoms with Crippen molar-refractivity contribution in [2.45, 2.75) is 25.9 Å². The van der Waals surface area contributed by atoms with Crippen molar-refractivity contribution < 1.29 is 9.53 Å². The molecule has 0 aliphatic heterocycles. The Hall–Kier alpha value is -2.95. The van der Waals surface area contributed by atoms with Gasteiger partial charge in [-0.05, 0) is 44.0 Å². The third-order valence-corrected chi connectivity index (χ3v) is 4.49. The number of nitrogens with zero attached hydrogens (tertiary/aromatic N) is 2. The average molecular weight is 333 g/mol. The van der Waals surface area contributed by atoms with Crippen molar-refractivity contribution in [3.05, 3.63) is 60.4 Å². The summed E-state index contributed by atoms with van der Waals surface area (Å²) in [4.78, 5) is 21.0. The van der Waals surface area contributed by atoms with Crippen molar-refractivity contribution in [2.24, 2.45) is 5.92 Å². The summed E-state index contributed by atoms with van der Waals surface area (Å²) in [5.41, 5.74) is 1.75. The molecule has 1 saturated carbocycles. The Labute approximate surface area is 146 Å². The van der Waals surface area contributed by atoms with Gasteiger partial charge in [0.2, 0.25) is 5.91 Å². The van der Waals surface area contributed by atoms with E-state index in [1.54, 1.807) is 12.3 Å². The molecule has 2 aromatic heterocycles. The number of hydrogen-bond acceptors (Lipinski definition) is 4. The fourth-order valence-corrected chi connectivity index (χ4v) is 3.07. The normalized spacial score (nSPS) is 19.2. The molecule has 2 heterocycles. The van der Waals surface area contributed by atoms with Crippen LogP contribution in [0.15, 0.2) is 54.7 Å². The molecular weight excluding hydrogens is 314 g/mol. The number of pyridine rings is 2. The number of aryl methyl sites for hydroxylation is 1. The first-order valence-electron chi connectivity index (χ1n) is 8.44. The average Bonchev–Trinajstić information content (AvgIpc) is 2.57. The van der Waals surface area contributed by atoms with E-state index in [-0.39, 0.29) is 17.9 Å². The van der Waals surface area contributed by atoms with Gasteiger partial charge in [-0.3, -0.25) is 9.78 Å². The predicted octanol–water partition coefficient (Wildman–Crippen LogP) is 3.73. The SMILES string of the molecule is Cc1cccc(NC(=O)[C@H]2C[C@H](Oc3cccc4cccnc34)C2)n1. The highest BCUT2D eigenvalue weighted by Crippen LogP contribution is 2.34. The molecule has 1 aliphatic carbocycles. The van der Waals surface area contributed by atoms with Crippen molar-refractivity contribution in [3.63, 3.8) is 0 Å². The molecule has 5 nitrogen and oxygen atoms in total. The first kappa shape index (κ1) is 15.6. The van der Waals surface area contributed by atoms with E-state index in [9.17, 15) is 4.79 Å². The van der Waals surface area contributed by atoms with Crippen LogP contribution in [-0.2, 0) is 4.79 Å². The second kappa shape index (κ2) is 6.51. The van der Waals surface area contributed by atoms with Gasteiger partial charge >= 0.3 is 0 Å². The molecular formula is C20H19N3O2. The number of benzene rings is 1. The summed E-state index contributed by atoms with van der Waals surface area (Å²) in [6, 6.07) is 15.4. The van der Waals surface area contributed by atoms with Crippen molar-refractivity contribution in [2.75, 3.05) is 5.32 Å². The number of aromatic nitrogens is 2. The van der Waals surface area contributed by atoms with Gasteiger partial charge in [0.25, 0.3) is 0 Å². The Balaban J connectivity index is 1.36. The fourth-order valence-electron chi connectivity index (χ4n) is 3.07. The Bertz CT molecular complexity index is 914. The van der Waals surface area contributed by atoms with Gasteiger partial charge in [0.05, 0.1) is 0 Å². The number of amides is 1. The van der Waals surface area contributed by atoms with Crippen LogP contribution in [0, 0.1) is 12.8 Å². The van der Waals surface area contributed by atoms with Gasteiger partial charge in [-0.15, -0.1) is 0 Å². The largest absolute Gasteiger partial charge is 0.488 e. The van der Waals surface area contributed by atoms with Crippen LogP contribution in [0.3, 0.4) is 0 Å². The van der Waals surface area contributed by atoms with Crippen molar-refractivity contribution in [1.82, 2.24) is 9.97 Å². The van der Waals surface area contributed by atoms with E-state index < -0.39 is 0 Å². The highest BCUT2D eigenvalue weighted by atomic mass is 16.5. The lowest BCUT2D eigenvalue weighted by atomic mass is 9.81. The smallest absolute Gasteiger partial charge is 0.228 e. The molecule has 0 radical (unpaired) electrons. The predicted molar refractivity (Wildman–Crippen MR) is 96.5 cm³/mol. The second-order valence-corrected chi connectivity index (χ2v) is 6.39. The summed E-state index contributed by atoms with van der Waals surface area (Å²) in [5, 5.41) is 3.94. The molecule has 0 saturated heterocycles. The molecule has 25 heavy (non-hydrogen) atoms. The lowest BCUT2D eigenvalue weighted by Crippen LogP contribution is -2.41. The maximum atomic E-state index is 12.3. The van der Waals surface area contributed by atoms with Crippen molar-refractivity contribution in [1.29, 1.82) is 0 Å². The summed E-state index contributed by atoms with van der Waals surface area (Å²) in [5.74, 6) is 1.36. The highest BCUT2D eigenvalue weighted by molar-refractivity contribution is 5.92. The molecule has 0 unspecified atom stereocenters. The quantitative estimate of drug-likeness (QED) is 0.790. The molecule has 1 fully saturated rings. The molecule has 5 heteroatoms. The topological polar surface area (TPSA) is 64.1 Å². The second-order valence-electron chi connectivity index (χ2n) is 6.39. The van der Waals surface area contributed by atoms with Crippen LogP contribution in [0.4, 0.5) is 5.82 Å². The zero-order valence-electron chi connectivity index (χ0n) is 14.0. The van der Waals surface area contributed by atoms with Crippen molar-refractivity contribution in [3.8, 4) is 5.75 Å². The first-order valence-corrected chi connectivity index (χ1v) is 8.44. The number of nitrogens with one attached hydrogen (secondary N) is 1. The zero-order chi connectivity index (χ0) is 17.2. The Morgan fingerprint density at radius 2 is 1.92 bits per heavy atom. The van der Waals surface area contributed by atoms with Crippen LogP contribution in [-0.4, -0.2) is 22.0 Å². The fraction of sp³-hybridized carbons (Fsp3) is 0.250. The number of fused-ring (bicyclic) bond motifs is 1. The molecule has 3 aromatic rings. The molecule has 1 aromatic carbocycles. The molecule has 0 atom stereocenters. The van der Waals surface area contributed by atoms with Crippen molar-refractivity contribution >= 4 is 22.6 Å². The monoisotopic (exact) mass is 333 g/mol. The van der Waals surface area contributed by atoms with Crippen LogP contribution in [0.5, 0.6) is 5.75 Å². The van der Waals surface area contributed by atoms with E-state index in [0.29, 0.717) is 18.7 Å². The Kier molecular flexibility index (Phi) is 4.06. The number of carbonyl (C=O) groups excluding carboxylic acids is 1. The number of para-hydroxylation sites is 1. The van der Waals surface area contributed by atoms with Crippen LogP contribution in [0.2, 0.25) is 0 Å². The third-order valence-electron chi connectivity index (χ3n) is 4.49. The van der Waals surface area contributed by atoms with Crippen LogP contribution < -0.4 is 10.1 Å². The summed E-state index contributed by atoms with van der Waals surface area (Å²) < 4.78 is 6.06. The highest BCUT2D eigenvalue weighted by Gasteiger charge is 2.36. The minimum Gasteiger partial charge on any atom is -0.488 e. The van der Waals surface area contributed by atoms with Gasteiger partial charge in [0.1, 0.15) is 23.2 Å². The molecule has 0 spiro atoms. The molecule has 126 valence electrons. The van der Waals surface area contributed by atoms with Crippen LogP contribution >= 0.6 is 0 Å². The number of anilines is 1. The van der Waals surface area contributed by atoms with E-state index in [4.69, 9.17) is 4.74 Å². The van der Waals surface area contributed by atoms with E-state index in [0.717, 1.165) is 22.3 Å². The van der Waals surface area contributed by atoms with Gasteiger partial charge in [-0.2, -0.15) is 0 Å². The number of ether oxygens (including phenoxy) is 1. The molecule has 1 aliphatic rings. The number of rotatable bonds is 4. The molecule has 0 bridgehead atoms. The van der Waals surface area contributed by atoms with E-state index in [1.807, 2.05) is 49.4 Å². The van der Waals surface area contributed by atoms with Gasteiger partial charge in [0.15, 0.2) is 0 Å². The van der Waals surface area contributed by atoms with Gasteiger partial charge in [-0.25, -0.2) is 4.98 Å². The van der Waals surface area contributed by atoms with Gasteiger partial charge in [0, 0.05) is 23.2 Å². The number of hydrogen-bond donors (Lipinski definition) is 1. The lowest BCUT2D eigenvalue weighted by molar-refractivity contribution is -0.125. The lowest BCUT2D eigenvalue weighted by Gasteiger charge is -2.34. The first-order chi connectivity index (χ1) is 12.2. The maximum Gasteiger partial charge on any atom is 0.228 e. The van der Waals surface area contributed by atoms with E-state index >= 15 is 0 Å². The zero-order valence-corrected chi connectivity index (χ0v) is 14.0. The summed E-state index contributed by atoms with van der Waals surface area (Å²) in [6.07, 6.45) is 3.23. The molecule has 1 N–H and O–H groups in total. The molecule has 1 amide bonds. The van der Waals surface area contributed by atoms with Gasteiger partial charge in [-0.1, -0.05) is 24.3 Å². The Morgan fingerprint density at radius 1 is 1.12 bits per heavy atom. The summed E-state index contributed by atoms with van der Waals surface area (Å²) in [7, 11) is 0. The maximum absolute atomic E-state index is 12.3. The van der Waals surface area contributed by atoms with Gasteiger partial charge < -0.3 is 10.1 Å². The molecule has 4 rings (SSSR count). The Morgan fingerprint density at radius 3 is 2.76 bits per heavy atom.